The summed E-state index contributed by atoms with van der Waals surface area (Å²) in [5.74, 6) is 0.133. The van der Waals surface area contributed by atoms with Crippen molar-refractivity contribution in [1.29, 1.82) is 0 Å². The third kappa shape index (κ3) is 3.52. The zero-order valence-corrected chi connectivity index (χ0v) is 13.1. The predicted octanol–water partition coefficient (Wildman–Crippen LogP) is 3.76. The first kappa shape index (κ1) is 15.8. The molecule has 0 unspecified atom stereocenters. The summed E-state index contributed by atoms with van der Waals surface area (Å²) < 4.78 is 10.5. The van der Waals surface area contributed by atoms with Crippen LogP contribution in [0, 0.1) is 20.8 Å². The lowest BCUT2D eigenvalue weighted by molar-refractivity contribution is -0.131. The molecule has 0 aliphatic heterocycles. The van der Waals surface area contributed by atoms with Gasteiger partial charge < -0.3 is 9.47 Å². The molecule has 0 bridgehead atoms. The van der Waals surface area contributed by atoms with E-state index in [1.54, 1.807) is 24.3 Å². The number of esters is 2. The number of carbonyl (C=O) groups is 2. The smallest absolute Gasteiger partial charge is 0.343 e. The summed E-state index contributed by atoms with van der Waals surface area (Å²) in [6.07, 6.45) is 0. The van der Waals surface area contributed by atoms with Gasteiger partial charge in [-0.1, -0.05) is 17.7 Å². The van der Waals surface area contributed by atoms with Crippen LogP contribution in [-0.4, -0.2) is 11.9 Å². The molecule has 0 saturated carbocycles. The second-order valence-electron chi connectivity index (χ2n) is 5.16. The summed E-state index contributed by atoms with van der Waals surface area (Å²) in [6, 6.07) is 10.4. The Labute approximate surface area is 129 Å². The van der Waals surface area contributed by atoms with E-state index in [0.29, 0.717) is 17.1 Å². The highest BCUT2D eigenvalue weighted by molar-refractivity contribution is 5.91. The molecule has 0 N–H and O–H groups in total. The van der Waals surface area contributed by atoms with E-state index in [2.05, 4.69) is 0 Å². The molecule has 0 aliphatic rings. The minimum absolute atomic E-state index is 0.382. The number of ether oxygens (including phenoxy) is 2. The first-order chi connectivity index (χ1) is 10.4. The fraction of sp³-hybridized carbons (Fsp3) is 0.222. The van der Waals surface area contributed by atoms with Crippen LogP contribution in [0.25, 0.3) is 0 Å². The average molecular weight is 298 g/mol. The molecular weight excluding hydrogens is 280 g/mol. The van der Waals surface area contributed by atoms with E-state index in [1.807, 2.05) is 32.9 Å². The van der Waals surface area contributed by atoms with E-state index in [-0.39, 0.29) is 5.97 Å². The summed E-state index contributed by atoms with van der Waals surface area (Å²) in [5.41, 5.74) is 3.10. The van der Waals surface area contributed by atoms with E-state index >= 15 is 0 Å². The standard InChI is InChI=1S/C18H18O4/c1-11-5-7-15(8-6-11)18(20)22-17-10-9-16(21-14(4)19)12(2)13(17)3/h5-10H,1-4H3. The number of rotatable bonds is 3. The van der Waals surface area contributed by atoms with E-state index in [1.165, 1.54) is 6.92 Å². The number of carbonyl (C=O) groups excluding carboxylic acids is 2. The highest BCUT2D eigenvalue weighted by atomic mass is 16.5. The molecule has 0 fully saturated rings. The Morgan fingerprint density at radius 3 is 1.77 bits per heavy atom. The Bertz CT molecular complexity index is 715. The van der Waals surface area contributed by atoms with Crippen LogP contribution in [0.5, 0.6) is 11.5 Å². The molecule has 114 valence electrons. The lowest BCUT2D eigenvalue weighted by Gasteiger charge is -2.13. The molecule has 0 atom stereocenters. The molecule has 0 aromatic heterocycles. The lowest BCUT2D eigenvalue weighted by Crippen LogP contribution is -2.10. The topological polar surface area (TPSA) is 52.6 Å². The van der Waals surface area contributed by atoms with Gasteiger partial charge in [0, 0.05) is 6.92 Å². The first-order valence-electron chi connectivity index (χ1n) is 6.96. The van der Waals surface area contributed by atoms with Gasteiger partial charge in [0.05, 0.1) is 5.56 Å². The van der Waals surface area contributed by atoms with Gasteiger partial charge in [-0.2, -0.15) is 0 Å². The zero-order valence-electron chi connectivity index (χ0n) is 13.1. The van der Waals surface area contributed by atoms with Gasteiger partial charge in [-0.25, -0.2) is 4.79 Å². The Hall–Kier alpha value is -2.62. The van der Waals surface area contributed by atoms with E-state index in [0.717, 1.165) is 16.7 Å². The van der Waals surface area contributed by atoms with Crippen molar-refractivity contribution in [2.45, 2.75) is 27.7 Å². The highest BCUT2D eigenvalue weighted by Gasteiger charge is 2.14. The van der Waals surface area contributed by atoms with Crippen LogP contribution < -0.4 is 9.47 Å². The number of hydrogen-bond donors (Lipinski definition) is 0. The van der Waals surface area contributed by atoms with Crippen LogP contribution in [0.1, 0.15) is 34.0 Å². The SMILES string of the molecule is CC(=O)Oc1ccc(OC(=O)c2ccc(C)cc2)c(C)c1C. The van der Waals surface area contributed by atoms with Crippen LogP contribution in [0.2, 0.25) is 0 Å². The maximum atomic E-state index is 12.1. The molecule has 2 rings (SSSR count). The summed E-state index contributed by atoms with van der Waals surface area (Å²) in [7, 11) is 0. The molecular formula is C18H18O4. The molecule has 2 aromatic rings. The van der Waals surface area contributed by atoms with E-state index in [9.17, 15) is 9.59 Å². The molecule has 4 heteroatoms. The Morgan fingerprint density at radius 1 is 0.773 bits per heavy atom. The van der Waals surface area contributed by atoms with Crippen molar-refractivity contribution in [1.82, 2.24) is 0 Å². The normalized spacial score (nSPS) is 10.2. The minimum Gasteiger partial charge on any atom is -0.426 e. The Kier molecular flexibility index (Phi) is 4.61. The van der Waals surface area contributed by atoms with Crippen LogP contribution in [0.3, 0.4) is 0 Å². The second kappa shape index (κ2) is 6.43. The van der Waals surface area contributed by atoms with Crippen molar-refractivity contribution >= 4 is 11.9 Å². The molecule has 0 spiro atoms. The van der Waals surface area contributed by atoms with Gasteiger partial charge in [0.2, 0.25) is 0 Å². The lowest BCUT2D eigenvalue weighted by atomic mass is 10.1. The highest BCUT2D eigenvalue weighted by Crippen LogP contribution is 2.29. The molecule has 0 amide bonds. The predicted molar refractivity (Wildman–Crippen MR) is 83.4 cm³/mol. The van der Waals surface area contributed by atoms with Gasteiger partial charge in [-0.3, -0.25) is 4.79 Å². The van der Waals surface area contributed by atoms with Crippen molar-refractivity contribution in [3.63, 3.8) is 0 Å². The van der Waals surface area contributed by atoms with Gasteiger partial charge in [0.1, 0.15) is 11.5 Å². The molecule has 22 heavy (non-hydrogen) atoms. The molecule has 0 radical (unpaired) electrons. The van der Waals surface area contributed by atoms with Gasteiger partial charge in [0.25, 0.3) is 0 Å². The van der Waals surface area contributed by atoms with Gasteiger partial charge in [-0.05, 0) is 56.2 Å². The molecule has 0 heterocycles. The molecule has 0 aliphatic carbocycles. The van der Waals surface area contributed by atoms with Gasteiger partial charge in [-0.15, -0.1) is 0 Å². The summed E-state index contributed by atoms with van der Waals surface area (Å²) >= 11 is 0. The summed E-state index contributed by atoms with van der Waals surface area (Å²) in [6.45, 7) is 6.94. The largest absolute Gasteiger partial charge is 0.426 e. The summed E-state index contributed by atoms with van der Waals surface area (Å²) in [5, 5.41) is 0. The van der Waals surface area contributed by atoms with Gasteiger partial charge in [0.15, 0.2) is 0 Å². The fourth-order valence-corrected chi connectivity index (χ4v) is 2.00. The van der Waals surface area contributed by atoms with Crippen LogP contribution >= 0.6 is 0 Å². The molecule has 2 aromatic carbocycles. The van der Waals surface area contributed by atoms with Crippen molar-refractivity contribution in [2.75, 3.05) is 0 Å². The van der Waals surface area contributed by atoms with Crippen LogP contribution in [0.4, 0.5) is 0 Å². The van der Waals surface area contributed by atoms with Crippen molar-refractivity contribution in [3.8, 4) is 11.5 Å². The van der Waals surface area contributed by atoms with Crippen LogP contribution in [-0.2, 0) is 4.79 Å². The Balaban J connectivity index is 2.23. The quantitative estimate of drug-likeness (QED) is 0.639. The molecule has 0 saturated heterocycles. The number of aryl methyl sites for hydroxylation is 1. The maximum Gasteiger partial charge on any atom is 0.343 e. The Morgan fingerprint density at radius 2 is 1.27 bits per heavy atom. The second-order valence-corrected chi connectivity index (χ2v) is 5.16. The van der Waals surface area contributed by atoms with E-state index in [4.69, 9.17) is 9.47 Å². The first-order valence-corrected chi connectivity index (χ1v) is 6.96. The third-order valence-corrected chi connectivity index (χ3v) is 3.43. The fourth-order valence-electron chi connectivity index (χ4n) is 2.00. The van der Waals surface area contributed by atoms with Gasteiger partial charge >= 0.3 is 11.9 Å². The van der Waals surface area contributed by atoms with Crippen molar-refractivity contribution in [3.05, 3.63) is 58.7 Å². The molecule has 4 nitrogen and oxygen atoms in total. The number of benzene rings is 2. The summed E-state index contributed by atoms with van der Waals surface area (Å²) in [4.78, 5) is 23.2. The zero-order chi connectivity index (χ0) is 16.3. The maximum absolute atomic E-state index is 12.1. The van der Waals surface area contributed by atoms with E-state index < -0.39 is 5.97 Å². The minimum atomic E-state index is -0.414. The van der Waals surface area contributed by atoms with Crippen molar-refractivity contribution in [2.24, 2.45) is 0 Å². The van der Waals surface area contributed by atoms with Crippen LogP contribution in [0.15, 0.2) is 36.4 Å². The average Bonchev–Trinajstić information content (AvgIpc) is 2.47. The number of hydrogen-bond acceptors (Lipinski definition) is 4. The monoisotopic (exact) mass is 298 g/mol. The van der Waals surface area contributed by atoms with Crippen molar-refractivity contribution < 1.29 is 19.1 Å². The third-order valence-electron chi connectivity index (χ3n) is 3.43.